The number of nitrogens with one attached hydrogen (secondary N) is 1. The number of urea groups is 1. The van der Waals surface area contributed by atoms with Crippen LogP contribution in [0, 0.1) is 20.8 Å². The summed E-state index contributed by atoms with van der Waals surface area (Å²) in [5.74, 6) is 0. The fourth-order valence-electron chi connectivity index (χ4n) is 4.01. The number of rotatable bonds is 2. The van der Waals surface area contributed by atoms with E-state index in [4.69, 9.17) is 0 Å². The Hall–Kier alpha value is -3.01. The lowest BCUT2D eigenvalue weighted by molar-refractivity contribution is 0.181. The van der Waals surface area contributed by atoms with Crippen molar-refractivity contribution in [1.82, 2.24) is 9.47 Å². The van der Waals surface area contributed by atoms with Crippen molar-refractivity contribution in [3.63, 3.8) is 0 Å². The van der Waals surface area contributed by atoms with Gasteiger partial charge in [-0.2, -0.15) is 0 Å². The van der Waals surface area contributed by atoms with Crippen LogP contribution in [0.3, 0.4) is 0 Å². The minimum atomic E-state index is -0.0840. The highest BCUT2D eigenvalue weighted by Crippen LogP contribution is 2.34. The van der Waals surface area contributed by atoms with Gasteiger partial charge in [0.25, 0.3) is 0 Å². The molecule has 1 atom stereocenters. The Bertz CT molecular complexity index is 969. The number of aryl methyl sites for hydroxylation is 3. The molecule has 0 bridgehead atoms. The summed E-state index contributed by atoms with van der Waals surface area (Å²) in [5, 5.41) is 3.17. The van der Waals surface area contributed by atoms with Crippen LogP contribution in [0.15, 0.2) is 60.8 Å². The van der Waals surface area contributed by atoms with Crippen LogP contribution < -0.4 is 5.32 Å². The Balaban J connectivity index is 1.73. The summed E-state index contributed by atoms with van der Waals surface area (Å²) in [6.07, 6.45) is 2.10. The van der Waals surface area contributed by atoms with Crippen molar-refractivity contribution in [3.05, 3.63) is 88.7 Å². The molecule has 0 aliphatic carbocycles. The number of para-hydroxylation sites is 1. The standard InChI is InChI=1S/C23H25N3O/c1-16-8-4-5-11-19(16)22-20-12-7-13-25(20)14-15-26(22)23(27)24-21-17(2)9-6-10-18(21)3/h4-13,22H,14-15H2,1-3H3,(H,24,27)/t22-/m1/s1. The monoisotopic (exact) mass is 359 g/mol. The molecule has 138 valence electrons. The molecule has 0 unspecified atom stereocenters. The molecule has 0 radical (unpaired) electrons. The fourth-order valence-corrected chi connectivity index (χ4v) is 4.01. The fraction of sp³-hybridized carbons (Fsp3) is 0.261. The van der Waals surface area contributed by atoms with Gasteiger partial charge in [-0.25, -0.2) is 4.79 Å². The first kappa shape index (κ1) is 17.4. The molecule has 27 heavy (non-hydrogen) atoms. The Kier molecular flexibility index (Phi) is 4.48. The van der Waals surface area contributed by atoms with Crippen molar-refractivity contribution < 1.29 is 4.79 Å². The normalized spacial score (nSPS) is 16.1. The maximum Gasteiger partial charge on any atom is 0.322 e. The van der Waals surface area contributed by atoms with Gasteiger partial charge in [0.05, 0.1) is 6.04 Å². The largest absolute Gasteiger partial charge is 0.348 e. The first-order valence-corrected chi connectivity index (χ1v) is 9.40. The van der Waals surface area contributed by atoms with Crippen LogP contribution in [0.4, 0.5) is 10.5 Å². The van der Waals surface area contributed by atoms with Crippen molar-refractivity contribution in [1.29, 1.82) is 0 Å². The average molecular weight is 359 g/mol. The Morgan fingerprint density at radius 1 is 0.889 bits per heavy atom. The maximum atomic E-state index is 13.3. The number of benzene rings is 2. The van der Waals surface area contributed by atoms with E-state index in [9.17, 15) is 4.79 Å². The van der Waals surface area contributed by atoms with E-state index < -0.39 is 0 Å². The van der Waals surface area contributed by atoms with E-state index in [1.54, 1.807) is 0 Å². The first-order chi connectivity index (χ1) is 13.1. The van der Waals surface area contributed by atoms with Gasteiger partial charge in [0.1, 0.15) is 0 Å². The smallest absolute Gasteiger partial charge is 0.322 e. The summed E-state index contributed by atoms with van der Waals surface area (Å²) in [7, 11) is 0. The number of carbonyl (C=O) groups excluding carboxylic acids is 1. The second-order valence-corrected chi connectivity index (χ2v) is 7.28. The summed E-state index contributed by atoms with van der Waals surface area (Å²) in [5.41, 5.74) is 6.60. The van der Waals surface area contributed by atoms with E-state index in [1.807, 2.05) is 49.1 Å². The summed E-state index contributed by atoms with van der Waals surface area (Å²) < 4.78 is 2.25. The Morgan fingerprint density at radius 3 is 2.33 bits per heavy atom. The number of nitrogens with zero attached hydrogens (tertiary/aromatic N) is 2. The second kappa shape index (κ2) is 6.95. The van der Waals surface area contributed by atoms with Crippen molar-refractivity contribution in [2.75, 3.05) is 11.9 Å². The second-order valence-electron chi connectivity index (χ2n) is 7.28. The van der Waals surface area contributed by atoms with Crippen LogP contribution in [0.2, 0.25) is 0 Å². The Morgan fingerprint density at radius 2 is 1.59 bits per heavy atom. The lowest BCUT2D eigenvalue weighted by atomic mass is 9.96. The van der Waals surface area contributed by atoms with Crippen LogP contribution in [0.5, 0.6) is 0 Å². The molecular weight excluding hydrogens is 334 g/mol. The topological polar surface area (TPSA) is 37.3 Å². The van der Waals surface area contributed by atoms with Crippen molar-refractivity contribution >= 4 is 11.7 Å². The highest BCUT2D eigenvalue weighted by atomic mass is 16.2. The van der Waals surface area contributed by atoms with Gasteiger partial charge in [-0.05, 0) is 55.2 Å². The molecule has 0 saturated heterocycles. The van der Waals surface area contributed by atoms with Gasteiger partial charge in [-0.3, -0.25) is 0 Å². The highest BCUT2D eigenvalue weighted by Gasteiger charge is 2.33. The van der Waals surface area contributed by atoms with Crippen molar-refractivity contribution in [2.45, 2.75) is 33.4 Å². The van der Waals surface area contributed by atoms with Crippen LogP contribution in [-0.4, -0.2) is 22.0 Å². The first-order valence-electron chi connectivity index (χ1n) is 9.40. The lowest BCUT2D eigenvalue weighted by Crippen LogP contribution is -2.44. The summed E-state index contributed by atoms with van der Waals surface area (Å²) in [6.45, 7) is 7.66. The number of hydrogen-bond donors (Lipinski definition) is 1. The van der Waals surface area contributed by atoms with E-state index in [1.165, 1.54) is 11.1 Å². The molecule has 1 aliphatic heterocycles. The predicted octanol–water partition coefficient (Wildman–Crippen LogP) is 5.05. The minimum absolute atomic E-state index is 0.0481. The van der Waals surface area contributed by atoms with Gasteiger partial charge in [-0.1, -0.05) is 42.5 Å². The van der Waals surface area contributed by atoms with Crippen LogP contribution >= 0.6 is 0 Å². The number of anilines is 1. The van der Waals surface area contributed by atoms with Crippen LogP contribution in [0.25, 0.3) is 0 Å². The number of carbonyl (C=O) groups is 1. The predicted molar refractivity (Wildman–Crippen MR) is 109 cm³/mol. The molecular formula is C23H25N3O. The lowest BCUT2D eigenvalue weighted by Gasteiger charge is -2.38. The summed E-state index contributed by atoms with van der Waals surface area (Å²) in [4.78, 5) is 15.3. The van der Waals surface area contributed by atoms with E-state index in [2.05, 4.69) is 47.3 Å². The third-order valence-electron chi connectivity index (χ3n) is 5.50. The number of aromatic nitrogens is 1. The molecule has 2 amide bonds. The molecule has 2 heterocycles. The summed E-state index contributed by atoms with van der Waals surface area (Å²) >= 11 is 0. The van der Waals surface area contributed by atoms with E-state index in [-0.39, 0.29) is 12.1 Å². The van der Waals surface area contributed by atoms with Gasteiger partial charge in [0, 0.05) is 30.7 Å². The minimum Gasteiger partial charge on any atom is -0.348 e. The van der Waals surface area contributed by atoms with E-state index in [0.29, 0.717) is 6.54 Å². The third kappa shape index (κ3) is 3.12. The molecule has 0 fully saturated rings. The highest BCUT2D eigenvalue weighted by molar-refractivity contribution is 5.91. The van der Waals surface area contributed by atoms with Gasteiger partial charge in [-0.15, -0.1) is 0 Å². The third-order valence-corrected chi connectivity index (χ3v) is 5.50. The molecule has 1 aliphatic rings. The number of amides is 2. The van der Waals surface area contributed by atoms with Crippen LogP contribution in [-0.2, 0) is 6.54 Å². The molecule has 0 spiro atoms. The van der Waals surface area contributed by atoms with Crippen LogP contribution in [0.1, 0.15) is 34.0 Å². The molecule has 1 aromatic heterocycles. The molecule has 3 aromatic rings. The van der Waals surface area contributed by atoms with Crippen molar-refractivity contribution in [3.8, 4) is 0 Å². The van der Waals surface area contributed by atoms with Gasteiger partial charge < -0.3 is 14.8 Å². The van der Waals surface area contributed by atoms with Gasteiger partial charge in [0.2, 0.25) is 0 Å². The Labute approximate surface area is 160 Å². The maximum absolute atomic E-state index is 13.3. The molecule has 4 nitrogen and oxygen atoms in total. The SMILES string of the molecule is Cc1ccccc1[C@@H]1c2cccn2CCN1C(=O)Nc1c(C)cccc1C. The zero-order valence-electron chi connectivity index (χ0n) is 16.1. The average Bonchev–Trinajstić information content (AvgIpc) is 3.13. The number of hydrogen-bond acceptors (Lipinski definition) is 1. The zero-order chi connectivity index (χ0) is 19.0. The molecule has 0 saturated carbocycles. The van der Waals surface area contributed by atoms with E-state index in [0.717, 1.165) is 29.1 Å². The molecule has 4 rings (SSSR count). The zero-order valence-corrected chi connectivity index (χ0v) is 16.1. The van der Waals surface area contributed by atoms with Gasteiger partial charge in [0.15, 0.2) is 0 Å². The van der Waals surface area contributed by atoms with E-state index >= 15 is 0 Å². The quantitative estimate of drug-likeness (QED) is 0.683. The molecule has 1 N–H and O–H groups in total. The van der Waals surface area contributed by atoms with Crippen molar-refractivity contribution in [2.24, 2.45) is 0 Å². The number of fused-ring (bicyclic) bond motifs is 1. The molecule has 2 aromatic carbocycles. The summed E-state index contributed by atoms with van der Waals surface area (Å²) in [6, 6.07) is 18.5. The van der Waals surface area contributed by atoms with Gasteiger partial charge >= 0.3 is 6.03 Å². The molecule has 4 heteroatoms.